The summed E-state index contributed by atoms with van der Waals surface area (Å²) < 4.78 is 103. The number of alkyl halides is 7. The van der Waals surface area contributed by atoms with Crippen molar-refractivity contribution in [1.29, 1.82) is 0 Å². The molecule has 0 heterocycles. The molecule has 2 saturated carbocycles. The van der Waals surface area contributed by atoms with Gasteiger partial charge in [-0.3, -0.25) is 9.59 Å². The van der Waals surface area contributed by atoms with Crippen molar-refractivity contribution in [1.82, 2.24) is 0 Å². The van der Waals surface area contributed by atoms with E-state index in [0.717, 1.165) is 5.57 Å². The van der Waals surface area contributed by atoms with Gasteiger partial charge in [0.1, 0.15) is 5.76 Å². The Morgan fingerprint density at radius 2 is 1.59 bits per heavy atom. The summed E-state index contributed by atoms with van der Waals surface area (Å²) in [5.74, 6) is -16.4. The molecular weight excluding hydrogens is 561 g/mol. The molecular formula is C29H35F7O5. The number of ether oxygens (including phenoxy) is 2. The van der Waals surface area contributed by atoms with Gasteiger partial charge in [0.05, 0.1) is 0 Å². The lowest BCUT2D eigenvalue weighted by molar-refractivity contribution is -0.347. The second kappa shape index (κ2) is 9.82. The number of Topliss-reactive ketones (excluding diaryl/α,β-unsaturated/α-hetero) is 1. The second-order valence-electron chi connectivity index (χ2n) is 12.5. The van der Waals surface area contributed by atoms with Crippen molar-refractivity contribution in [3.8, 4) is 0 Å². The van der Waals surface area contributed by atoms with Gasteiger partial charge in [-0.1, -0.05) is 26.3 Å². The zero-order valence-corrected chi connectivity index (χ0v) is 23.7. The average Bonchev–Trinajstić information content (AvgIpc) is 3.17. The van der Waals surface area contributed by atoms with Crippen molar-refractivity contribution < 1.29 is 54.6 Å². The molecule has 0 unspecified atom stereocenters. The molecule has 6 atom stereocenters. The lowest BCUT2D eigenvalue weighted by Gasteiger charge is -2.59. The van der Waals surface area contributed by atoms with Gasteiger partial charge in [-0.05, 0) is 87.2 Å². The van der Waals surface area contributed by atoms with Crippen LogP contribution in [0.25, 0.3) is 0 Å². The van der Waals surface area contributed by atoms with Crippen molar-refractivity contribution in [2.24, 2.45) is 28.6 Å². The van der Waals surface area contributed by atoms with Crippen LogP contribution in [0.5, 0.6) is 0 Å². The highest BCUT2D eigenvalue weighted by Crippen LogP contribution is 2.68. The summed E-state index contributed by atoms with van der Waals surface area (Å²) in [6, 6.07) is 0. The Labute approximate surface area is 233 Å². The Hall–Kier alpha value is -2.40. The van der Waals surface area contributed by atoms with E-state index in [1.165, 1.54) is 13.0 Å². The standard InChI is InChI=1S/C29H35F7O5/c1-6-22(38)41-26(16(3)37)12-9-20-18-13-15(2)21-14-17(7-10-24(21,4)19(18)8-11-25(20,26)5)40-23(39)27(30,31)28(32,33)29(34,35)36/h14,18-20H,6-13H2,1-5H3/t18-,19+,20+,24-,25+,26+/m1/s1. The minimum atomic E-state index is -6.64. The maximum absolute atomic E-state index is 13.9. The van der Waals surface area contributed by atoms with Crippen molar-refractivity contribution in [2.75, 3.05) is 0 Å². The number of rotatable bonds is 6. The van der Waals surface area contributed by atoms with Gasteiger partial charge in [-0.15, -0.1) is 0 Å². The number of hydrogen-bond donors (Lipinski definition) is 0. The van der Waals surface area contributed by atoms with Crippen LogP contribution in [0.3, 0.4) is 0 Å². The lowest BCUT2D eigenvalue weighted by Crippen LogP contribution is -2.58. The van der Waals surface area contributed by atoms with Crippen LogP contribution in [0.4, 0.5) is 30.7 Å². The minimum absolute atomic E-state index is 0.0506. The molecule has 0 N–H and O–H groups in total. The fourth-order valence-corrected chi connectivity index (χ4v) is 8.39. The van der Waals surface area contributed by atoms with Gasteiger partial charge in [0.25, 0.3) is 0 Å². The summed E-state index contributed by atoms with van der Waals surface area (Å²) in [7, 11) is 0. The molecule has 41 heavy (non-hydrogen) atoms. The number of carbonyl (C=O) groups excluding carboxylic acids is 3. The first-order valence-corrected chi connectivity index (χ1v) is 13.9. The predicted octanol–water partition coefficient (Wildman–Crippen LogP) is 7.49. The van der Waals surface area contributed by atoms with Crippen molar-refractivity contribution in [3.05, 3.63) is 23.0 Å². The Morgan fingerprint density at radius 3 is 2.15 bits per heavy atom. The van der Waals surface area contributed by atoms with Crippen LogP contribution in [0, 0.1) is 28.6 Å². The normalized spacial score (nSPS) is 35.6. The number of hydrogen-bond acceptors (Lipinski definition) is 5. The molecule has 4 aliphatic carbocycles. The monoisotopic (exact) mass is 596 g/mol. The Kier molecular flexibility index (Phi) is 7.56. The van der Waals surface area contributed by atoms with Crippen LogP contribution in [0.2, 0.25) is 0 Å². The summed E-state index contributed by atoms with van der Waals surface area (Å²) in [5.41, 5.74) is -0.768. The quantitative estimate of drug-likeness (QED) is 0.235. The highest BCUT2D eigenvalue weighted by Gasteiger charge is 2.77. The van der Waals surface area contributed by atoms with Crippen LogP contribution in [0.15, 0.2) is 23.0 Å². The molecule has 12 heteroatoms. The number of ketones is 1. The van der Waals surface area contributed by atoms with E-state index in [1.54, 1.807) is 6.92 Å². The van der Waals surface area contributed by atoms with E-state index in [9.17, 15) is 45.1 Å². The fourth-order valence-electron chi connectivity index (χ4n) is 8.39. The summed E-state index contributed by atoms with van der Waals surface area (Å²) in [6.45, 7) is 8.96. The molecule has 0 aromatic rings. The second-order valence-corrected chi connectivity index (χ2v) is 12.5. The molecule has 4 aliphatic rings. The molecule has 0 aliphatic heterocycles. The molecule has 0 spiro atoms. The number of carbonyl (C=O) groups is 3. The zero-order valence-electron chi connectivity index (χ0n) is 23.7. The largest absolute Gasteiger partial charge is 0.460 e. The van der Waals surface area contributed by atoms with Crippen molar-refractivity contribution in [3.63, 3.8) is 0 Å². The summed E-state index contributed by atoms with van der Waals surface area (Å²) in [6.07, 6.45) is -2.05. The third-order valence-electron chi connectivity index (χ3n) is 10.6. The molecule has 0 radical (unpaired) electrons. The predicted molar refractivity (Wildman–Crippen MR) is 132 cm³/mol. The van der Waals surface area contributed by atoms with E-state index < -0.39 is 46.4 Å². The molecule has 0 saturated heterocycles. The number of esters is 2. The van der Waals surface area contributed by atoms with E-state index in [4.69, 9.17) is 4.74 Å². The van der Waals surface area contributed by atoms with Crippen LogP contribution in [-0.4, -0.2) is 41.3 Å². The molecule has 5 nitrogen and oxygen atoms in total. The highest BCUT2D eigenvalue weighted by atomic mass is 19.4. The molecule has 4 rings (SSSR count). The van der Waals surface area contributed by atoms with E-state index >= 15 is 0 Å². The highest BCUT2D eigenvalue weighted by molar-refractivity contribution is 5.89. The van der Waals surface area contributed by atoms with Gasteiger partial charge < -0.3 is 9.47 Å². The molecule has 230 valence electrons. The smallest absolute Gasteiger partial charge is 0.450 e. The maximum atomic E-state index is 13.9. The molecule has 2 fully saturated rings. The summed E-state index contributed by atoms with van der Waals surface area (Å²) in [4.78, 5) is 37.3. The average molecular weight is 597 g/mol. The first kappa shape index (κ1) is 31.5. The molecule has 0 amide bonds. The molecule has 0 aromatic heterocycles. The lowest BCUT2D eigenvalue weighted by atomic mass is 9.46. The topological polar surface area (TPSA) is 69.7 Å². The van der Waals surface area contributed by atoms with E-state index in [0.29, 0.717) is 44.1 Å². The van der Waals surface area contributed by atoms with Gasteiger partial charge in [-0.25, -0.2) is 4.79 Å². The third kappa shape index (κ3) is 4.44. The Balaban J connectivity index is 1.63. The molecule has 0 bridgehead atoms. The summed E-state index contributed by atoms with van der Waals surface area (Å²) in [5, 5.41) is 0. The zero-order chi connectivity index (χ0) is 31.0. The van der Waals surface area contributed by atoms with Crippen LogP contribution >= 0.6 is 0 Å². The number of fused-ring (bicyclic) bond motifs is 5. The first-order valence-electron chi connectivity index (χ1n) is 13.9. The van der Waals surface area contributed by atoms with Crippen molar-refractivity contribution in [2.45, 2.75) is 110 Å². The number of allylic oxidation sites excluding steroid dienone is 4. The van der Waals surface area contributed by atoms with Gasteiger partial charge >= 0.3 is 30.0 Å². The molecule has 0 aromatic carbocycles. The van der Waals surface area contributed by atoms with Crippen LogP contribution < -0.4 is 0 Å². The van der Waals surface area contributed by atoms with Gasteiger partial charge in [-0.2, -0.15) is 30.7 Å². The van der Waals surface area contributed by atoms with Crippen LogP contribution in [-0.2, 0) is 23.9 Å². The van der Waals surface area contributed by atoms with Crippen LogP contribution in [0.1, 0.15) is 86.0 Å². The first-order chi connectivity index (χ1) is 18.7. The SMILES string of the molecule is CCC(=O)O[C@]1(C(C)=O)CC[C@H]2[C@@H]3CC(C)=C4C=C(OC(=O)C(F)(F)C(F)(F)C(F)(F)F)CC[C@]4(C)[C@H]3CC[C@@]21C. The maximum Gasteiger partial charge on any atom is 0.460 e. The number of halogens is 7. The Bertz CT molecular complexity index is 1200. The van der Waals surface area contributed by atoms with Gasteiger partial charge in [0.2, 0.25) is 0 Å². The van der Waals surface area contributed by atoms with E-state index in [2.05, 4.69) is 4.74 Å². The van der Waals surface area contributed by atoms with Gasteiger partial charge in [0, 0.05) is 18.3 Å². The fraction of sp³-hybridized carbons (Fsp3) is 0.759. The third-order valence-corrected chi connectivity index (χ3v) is 10.6. The van der Waals surface area contributed by atoms with Crippen molar-refractivity contribution >= 4 is 17.7 Å². The van der Waals surface area contributed by atoms with E-state index in [-0.39, 0.29) is 42.1 Å². The summed E-state index contributed by atoms with van der Waals surface area (Å²) >= 11 is 0. The van der Waals surface area contributed by atoms with Gasteiger partial charge in [0.15, 0.2) is 11.4 Å². The Morgan fingerprint density at radius 1 is 0.976 bits per heavy atom. The van der Waals surface area contributed by atoms with E-state index in [1.807, 2.05) is 20.8 Å². The minimum Gasteiger partial charge on any atom is -0.450 e.